The molecule has 5 nitrogen and oxygen atoms in total. The number of unbranched alkanes of at least 4 members (excludes halogenated alkanes) is 1. The summed E-state index contributed by atoms with van der Waals surface area (Å²) in [7, 11) is -3.51. The third kappa shape index (κ3) is 3.17. The zero-order valence-electron chi connectivity index (χ0n) is 10.3. The van der Waals surface area contributed by atoms with E-state index in [1.54, 1.807) is 6.07 Å². The normalized spacial score (nSPS) is 11.9. The van der Waals surface area contributed by atoms with Crippen LogP contribution in [0.4, 0.5) is 5.82 Å². The number of nitrogens with two attached hydrogens (primary N) is 1. The van der Waals surface area contributed by atoms with Crippen LogP contribution in [0, 0.1) is 0 Å². The molecule has 0 fully saturated rings. The molecule has 0 radical (unpaired) electrons. The maximum atomic E-state index is 12.3. The van der Waals surface area contributed by atoms with E-state index in [1.807, 2.05) is 13.8 Å². The SMILES string of the molecule is CCCCN(CC)S(=O)(=O)c1cccnc1N. The number of sulfonamides is 1. The van der Waals surface area contributed by atoms with E-state index >= 15 is 0 Å². The smallest absolute Gasteiger partial charge is 0.246 e. The van der Waals surface area contributed by atoms with Gasteiger partial charge in [0.15, 0.2) is 0 Å². The number of hydrogen-bond acceptors (Lipinski definition) is 4. The molecule has 1 aromatic rings. The first kappa shape index (κ1) is 13.9. The van der Waals surface area contributed by atoms with Gasteiger partial charge in [0.05, 0.1) is 0 Å². The Morgan fingerprint density at radius 1 is 1.41 bits per heavy atom. The Bertz CT molecular complexity index is 460. The molecule has 1 rings (SSSR count). The van der Waals surface area contributed by atoms with Gasteiger partial charge in [-0.3, -0.25) is 0 Å². The highest BCUT2D eigenvalue weighted by molar-refractivity contribution is 7.89. The monoisotopic (exact) mass is 257 g/mol. The van der Waals surface area contributed by atoms with Crippen LogP contribution in [0.3, 0.4) is 0 Å². The highest BCUT2D eigenvalue weighted by Gasteiger charge is 2.24. The molecule has 0 unspecified atom stereocenters. The third-order valence-electron chi connectivity index (χ3n) is 2.53. The predicted octanol–water partition coefficient (Wildman–Crippen LogP) is 1.47. The zero-order valence-corrected chi connectivity index (χ0v) is 11.1. The lowest BCUT2D eigenvalue weighted by Gasteiger charge is -2.20. The fraction of sp³-hybridized carbons (Fsp3) is 0.545. The Hall–Kier alpha value is -1.14. The van der Waals surface area contributed by atoms with Gasteiger partial charge in [-0.25, -0.2) is 13.4 Å². The van der Waals surface area contributed by atoms with Crippen molar-refractivity contribution in [3.63, 3.8) is 0 Å². The number of rotatable bonds is 6. The van der Waals surface area contributed by atoms with E-state index in [-0.39, 0.29) is 10.7 Å². The summed E-state index contributed by atoms with van der Waals surface area (Å²) < 4.78 is 26.0. The van der Waals surface area contributed by atoms with Crippen molar-refractivity contribution < 1.29 is 8.42 Å². The molecule has 0 bridgehead atoms. The van der Waals surface area contributed by atoms with E-state index in [9.17, 15) is 8.42 Å². The van der Waals surface area contributed by atoms with Gasteiger partial charge in [0.2, 0.25) is 10.0 Å². The zero-order chi connectivity index (χ0) is 12.9. The lowest BCUT2D eigenvalue weighted by molar-refractivity contribution is 0.419. The molecule has 0 aliphatic rings. The first-order valence-corrected chi connectivity index (χ1v) is 7.18. The number of nitrogens with zero attached hydrogens (tertiary/aromatic N) is 2. The molecule has 6 heteroatoms. The van der Waals surface area contributed by atoms with E-state index in [0.717, 1.165) is 12.8 Å². The van der Waals surface area contributed by atoms with Gasteiger partial charge in [-0.2, -0.15) is 4.31 Å². The fourth-order valence-electron chi connectivity index (χ4n) is 1.54. The fourth-order valence-corrected chi connectivity index (χ4v) is 3.10. The molecule has 0 spiro atoms. The van der Waals surface area contributed by atoms with Crippen molar-refractivity contribution in [2.75, 3.05) is 18.8 Å². The minimum atomic E-state index is -3.51. The van der Waals surface area contributed by atoms with Gasteiger partial charge in [0, 0.05) is 19.3 Å². The number of nitrogen functional groups attached to an aromatic ring is 1. The number of anilines is 1. The summed E-state index contributed by atoms with van der Waals surface area (Å²) >= 11 is 0. The Balaban J connectivity index is 3.05. The van der Waals surface area contributed by atoms with E-state index in [4.69, 9.17) is 5.73 Å². The van der Waals surface area contributed by atoms with Crippen LogP contribution in [0.15, 0.2) is 23.2 Å². The van der Waals surface area contributed by atoms with Gasteiger partial charge < -0.3 is 5.73 Å². The van der Waals surface area contributed by atoms with Crippen LogP contribution >= 0.6 is 0 Å². The molecule has 0 aromatic carbocycles. The quantitative estimate of drug-likeness (QED) is 0.837. The van der Waals surface area contributed by atoms with Crippen LogP contribution < -0.4 is 5.73 Å². The second-order valence-electron chi connectivity index (χ2n) is 3.74. The van der Waals surface area contributed by atoms with Crippen LogP contribution in [0.2, 0.25) is 0 Å². The Morgan fingerprint density at radius 3 is 2.65 bits per heavy atom. The number of hydrogen-bond donors (Lipinski definition) is 1. The van der Waals surface area contributed by atoms with Crippen molar-refractivity contribution >= 4 is 15.8 Å². The van der Waals surface area contributed by atoms with Crippen molar-refractivity contribution in [2.45, 2.75) is 31.6 Å². The molecule has 0 atom stereocenters. The molecule has 0 aliphatic carbocycles. The summed E-state index contributed by atoms with van der Waals surface area (Å²) in [5, 5.41) is 0. The van der Waals surface area contributed by atoms with Crippen LogP contribution in [0.5, 0.6) is 0 Å². The summed E-state index contributed by atoms with van der Waals surface area (Å²) in [4.78, 5) is 3.91. The summed E-state index contributed by atoms with van der Waals surface area (Å²) in [5.41, 5.74) is 5.61. The molecule has 1 heterocycles. The highest BCUT2D eigenvalue weighted by atomic mass is 32.2. The first-order valence-electron chi connectivity index (χ1n) is 5.74. The summed E-state index contributed by atoms with van der Waals surface area (Å²) in [5.74, 6) is 0.0578. The molecule has 0 aliphatic heterocycles. The highest BCUT2D eigenvalue weighted by Crippen LogP contribution is 2.20. The summed E-state index contributed by atoms with van der Waals surface area (Å²) in [6, 6.07) is 3.07. The average Bonchev–Trinajstić information content (AvgIpc) is 2.30. The Morgan fingerprint density at radius 2 is 2.12 bits per heavy atom. The summed E-state index contributed by atoms with van der Waals surface area (Å²) in [6.07, 6.45) is 3.28. The lowest BCUT2D eigenvalue weighted by Crippen LogP contribution is -2.32. The molecule has 2 N–H and O–H groups in total. The standard InChI is InChI=1S/C11H19N3O2S/c1-3-5-9-14(4-2)17(15,16)10-7-6-8-13-11(10)12/h6-8H,3-5,9H2,1-2H3,(H2,12,13). The van der Waals surface area contributed by atoms with Crippen molar-refractivity contribution in [2.24, 2.45) is 0 Å². The van der Waals surface area contributed by atoms with Gasteiger partial charge in [-0.1, -0.05) is 20.3 Å². The number of aromatic nitrogens is 1. The van der Waals surface area contributed by atoms with E-state index < -0.39 is 10.0 Å². The maximum Gasteiger partial charge on any atom is 0.246 e. The molecule has 0 amide bonds. The number of pyridine rings is 1. The van der Waals surface area contributed by atoms with Gasteiger partial charge in [0.25, 0.3) is 0 Å². The van der Waals surface area contributed by atoms with Crippen LogP contribution in [0.1, 0.15) is 26.7 Å². The molecule has 96 valence electrons. The predicted molar refractivity (Wildman–Crippen MR) is 68.0 cm³/mol. The molecule has 0 saturated heterocycles. The maximum absolute atomic E-state index is 12.3. The third-order valence-corrected chi connectivity index (χ3v) is 4.55. The molecule has 17 heavy (non-hydrogen) atoms. The van der Waals surface area contributed by atoms with Gasteiger partial charge in [-0.15, -0.1) is 0 Å². The van der Waals surface area contributed by atoms with Crippen LogP contribution in [-0.4, -0.2) is 30.8 Å². The minimum absolute atomic E-state index is 0.0578. The van der Waals surface area contributed by atoms with Gasteiger partial charge in [0.1, 0.15) is 10.7 Å². The van der Waals surface area contributed by atoms with E-state index in [0.29, 0.717) is 13.1 Å². The van der Waals surface area contributed by atoms with Crippen molar-refractivity contribution in [1.82, 2.24) is 9.29 Å². The first-order chi connectivity index (χ1) is 8.04. The van der Waals surface area contributed by atoms with Crippen LogP contribution in [0.25, 0.3) is 0 Å². The van der Waals surface area contributed by atoms with Crippen molar-refractivity contribution in [1.29, 1.82) is 0 Å². The largest absolute Gasteiger partial charge is 0.383 e. The van der Waals surface area contributed by atoms with Crippen LogP contribution in [-0.2, 0) is 10.0 Å². The average molecular weight is 257 g/mol. The minimum Gasteiger partial charge on any atom is -0.383 e. The Labute approximate surface area is 103 Å². The lowest BCUT2D eigenvalue weighted by atomic mass is 10.3. The molecule has 1 aromatic heterocycles. The van der Waals surface area contributed by atoms with Gasteiger partial charge >= 0.3 is 0 Å². The molecular formula is C11H19N3O2S. The Kier molecular flexibility index (Phi) is 4.89. The molecular weight excluding hydrogens is 238 g/mol. The topological polar surface area (TPSA) is 76.3 Å². The second-order valence-corrected chi connectivity index (χ2v) is 5.64. The summed E-state index contributed by atoms with van der Waals surface area (Å²) in [6.45, 7) is 4.80. The van der Waals surface area contributed by atoms with Crippen molar-refractivity contribution in [3.05, 3.63) is 18.3 Å². The second kappa shape index (κ2) is 5.97. The van der Waals surface area contributed by atoms with Crippen molar-refractivity contribution in [3.8, 4) is 0 Å². The van der Waals surface area contributed by atoms with E-state index in [2.05, 4.69) is 4.98 Å². The van der Waals surface area contributed by atoms with E-state index in [1.165, 1.54) is 16.6 Å². The van der Waals surface area contributed by atoms with Gasteiger partial charge in [-0.05, 0) is 18.6 Å². The molecule has 0 saturated carbocycles.